The third-order valence-electron chi connectivity index (χ3n) is 2.61. The van der Waals surface area contributed by atoms with Gasteiger partial charge in [0.25, 0.3) is 0 Å². The number of benzene rings is 1. The van der Waals surface area contributed by atoms with Crippen molar-refractivity contribution in [2.75, 3.05) is 7.05 Å². The van der Waals surface area contributed by atoms with Gasteiger partial charge in [-0.1, -0.05) is 28.1 Å². The fourth-order valence-corrected chi connectivity index (χ4v) is 1.84. The van der Waals surface area contributed by atoms with E-state index in [0.29, 0.717) is 6.54 Å². The van der Waals surface area contributed by atoms with Crippen LogP contribution in [0.4, 0.5) is 4.79 Å². The van der Waals surface area contributed by atoms with Crippen LogP contribution in [0.2, 0.25) is 0 Å². The molecule has 0 saturated heterocycles. The highest BCUT2D eigenvalue weighted by atomic mass is 79.9. The average Bonchev–Trinajstić information content (AvgIpc) is 2.28. The number of hydrogen-bond acceptors (Lipinski definition) is 2. The Kier molecular flexibility index (Phi) is 4.94. The van der Waals surface area contributed by atoms with E-state index in [1.54, 1.807) is 7.05 Å². The Hall–Kier alpha value is -1.56. The van der Waals surface area contributed by atoms with Crippen molar-refractivity contribution in [2.45, 2.75) is 25.9 Å². The predicted molar refractivity (Wildman–Crippen MR) is 75.9 cm³/mol. The molecular weight excluding hydrogens is 312 g/mol. The van der Waals surface area contributed by atoms with E-state index in [4.69, 9.17) is 5.11 Å². The van der Waals surface area contributed by atoms with Gasteiger partial charge >= 0.3 is 12.0 Å². The number of aliphatic carboxylic acids is 1. The molecule has 0 spiro atoms. The molecule has 2 N–H and O–H groups in total. The zero-order valence-electron chi connectivity index (χ0n) is 11.1. The first kappa shape index (κ1) is 15.5. The van der Waals surface area contributed by atoms with Crippen LogP contribution in [0.3, 0.4) is 0 Å². The summed E-state index contributed by atoms with van der Waals surface area (Å²) in [7, 11) is 1.62. The van der Waals surface area contributed by atoms with Gasteiger partial charge in [-0.15, -0.1) is 0 Å². The van der Waals surface area contributed by atoms with Gasteiger partial charge in [0, 0.05) is 18.1 Å². The van der Waals surface area contributed by atoms with Gasteiger partial charge in [0.1, 0.15) is 5.54 Å². The molecule has 0 aromatic heterocycles. The number of carboxylic acid groups (broad SMARTS) is 1. The number of urea groups is 1. The van der Waals surface area contributed by atoms with Gasteiger partial charge in [-0.2, -0.15) is 0 Å². The monoisotopic (exact) mass is 328 g/mol. The second-order valence-electron chi connectivity index (χ2n) is 4.85. The molecule has 0 aliphatic carbocycles. The molecule has 0 fully saturated rings. The lowest BCUT2D eigenvalue weighted by atomic mass is 10.1. The minimum atomic E-state index is -1.29. The number of nitrogens with one attached hydrogen (secondary N) is 1. The lowest BCUT2D eigenvalue weighted by Gasteiger charge is -2.25. The number of carboxylic acids is 1. The molecule has 0 aliphatic rings. The first-order valence-corrected chi connectivity index (χ1v) is 6.53. The van der Waals surface area contributed by atoms with Crippen LogP contribution >= 0.6 is 15.9 Å². The van der Waals surface area contributed by atoms with E-state index in [1.165, 1.54) is 18.7 Å². The number of halogens is 1. The largest absolute Gasteiger partial charge is 0.480 e. The van der Waals surface area contributed by atoms with E-state index in [1.807, 2.05) is 24.3 Å². The van der Waals surface area contributed by atoms with E-state index in [-0.39, 0.29) is 0 Å². The molecule has 5 nitrogen and oxygen atoms in total. The van der Waals surface area contributed by atoms with Gasteiger partial charge in [-0.3, -0.25) is 0 Å². The summed E-state index contributed by atoms with van der Waals surface area (Å²) in [5.41, 5.74) is -0.331. The second-order valence-corrected chi connectivity index (χ2v) is 5.76. The lowest BCUT2D eigenvalue weighted by molar-refractivity contribution is -0.143. The summed E-state index contributed by atoms with van der Waals surface area (Å²) >= 11 is 3.36. The molecule has 2 amide bonds. The normalized spacial score (nSPS) is 10.9. The molecule has 0 bridgehead atoms. The summed E-state index contributed by atoms with van der Waals surface area (Å²) in [4.78, 5) is 24.3. The van der Waals surface area contributed by atoms with Crippen LogP contribution in [0, 0.1) is 0 Å². The van der Waals surface area contributed by atoms with Crippen LogP contribution in [-0.4, -0.2) is 34.6 Å². The highest BCUT2D eigenvalue weighted by Gasteiger charge is 2.30. The van der Waals surface area contributed by atoms with Crippen molar-refractivity contribution in [1.29, 1.82) is 0 Å². The molecule has 0 atom stereocenters. The zero-order valence-corrected chi connectivity index (χ0v) is 12.7. The minimum Gasteiger partial charge on any atom is -0.480 e. The van der Waals surface area contributed by atoms with Gasteiger partial charge in [-0.25, -0.2) is 9.59 Å². The highest BCUT2D eigenvalue weighted by Crippen LogP contribution is 2.13. The van der Waals surface area contributed by atoms with Crippen molar-refractivity contribution < 1.29 is 14.7 Å². The van der Waals surface area contributed by atoms with Crippen molar-refractivity contribution in [2.24, 2.45) is 0 Å². The minimum absolute atomic E-state index is 0.404. The van der Waals surface area contributed by atoms with Crippen LogP contribution in [-0.2, 0) is 11.3 Å². The molecule has 0 saturated carbocycles. The van der Waals surface area contributed by atoms with Crippen molar-refractivity contribution >= 4 is 27.9 Å². The average molecular weight is 329 g/mol. The Morgan fingerprint density at radius 2 is 2.05 bits per heavy atom. The highest BCUT2D eigenvalue weighted by molar-refractivity contribution is 9.10. The number of carbonyl (C=O) groups is 2. The van der Waals surface area contributed by atoms with Crippen LogP contribution < -0.4 is 5.32 Å². The summed E-state index contributed by atoms with van der Waals surface area (Å²) in [5.74, 6) is -1.07. The van der Waals surface area contributed by atoms with Crippen molar-refractivity contribution in [3.8, 4) is 0 Å². The molecule has 1 aromatic rings. The van der Waals surface area contributed by atoms with Gasteiger partial charge in [0.05, 0.1) is 0 Å². The maximum Gasteiger partial charge on any atom is 0.328 e. The fourth-order valence-electron chi connectivity index (χ4n) is 1.40. The van der Waals surface area contributed by atoms with Crippen LogP contribution in [0.15, 0.2) is 28.7 Å². The summed E-state index contributed by atoms with van der Waals surface area (Å²) in [6, 6.07) is 7.17. The van der Waals surface area contributed by atoms with Gasteiger partial charge in [0.15, 0.2) is 0 Å². The lowest BCUT2D eigenvalue weighted by Crippen LogP contribution is -2.53. The number of rotatable bonds is 4. The Balaban J connectivity index is 2.66. The molecule has 1 aromatic carbocycles. The third-order valence-corrected chi connectivity index (χ3v) is 3.10. The Morgan fingerprint density at radius 1 is 1.42 bits per heavy atom. The molecule has 6 heteroatoms. The number of amides is 2. The standard InChI is InChI=1S/C13H17BrN2O3/c1-13(2,11(17)18)15-12(19)16(3)8-9-5-4-6-10(14)7-9/h4-7H,8H2,1-3H3,(H,15,19)(H,17,18). The van der Waals surface area contributed by atoms with E-state index in [9.17, 15) is 9.59 Å². The van der Waals surface area contributed by atoms with Crippen molar-refractivity contribution in [3.63, 3.8) is 0 Å². The molecule has 19 heavy (non-hydrogen) atoms. The SMILES string of the molecule is CN(Cc1cccc(Br)c1)C(=O)NC(C)(C)C(=O)O. The first-order chi connectivity index (χ1) is 8.72. The van der Waals surface area contributed by atoms with Crippen LogP contribution in [0.1, 0.15) is 19.4 Å². The van der Waals surface area contributed by atoms with E-state index in [2.05, 4.69) is 21.2 Å². The fraction of sp³-hybridized carbons (Fsp3) is 0.385. The van der Waals surface area contributed by atoms with E-state index in [0.717, 1.165) is 10.0 Å². The van der Waals surface area contributed by atoms with Gasteiger partial charge in [-0.05, 0) is 31.5 Å². The molecule has 1 rings (SSSR count). The number of hydrogen-bond donors (Lipinski definition) is 2. The maximum absolute atomic E-state index is 11.9. The zero-order chi connectivity index (χ0) is 14.6. The molecule has 104 valence electrons. The van der Waals surface area contributed by atoms with Gasteiger partial charge in [0.2, 0.25) is 0 Å². The molecule has 0 unspecified atom stereocenters. The molecule has 0 heterocycles. The summed E-state index contributed by atoms with van der Waals surface area (Å²) in [6.07, 6.45) is 0. The first-order valence-electron chi connectivity index (χ1n) is 5.73. The predicted octanol–water partition coefficient (Wildman–Crippen LogP) is 2.45. The number of nitrogens with zero attached hydrogens (tertiary/aromatic N) is 1. The van der Waals surface area contributed by atoms with Crippen LogP contribution in [0.25, 0.3) is 0 Å². The van der Waals surface area contributed by atoms with Crippen molar-refractivity contribution in [3.05, 3.63) is 34.3 Å². The second kappa shape index (κ2) is 6.06. The Bertz CT molecular complexity index is 489. The van der Waals surface area contributed by atoms with Crippen LogP contribution in [0.5, 0.6) is 0 Å². The molecular formula is C13H17BrN2O3. The smallest absolute Gasteiger partial charge is 0.328 e. The van der Waals surface area contributed by atoms with E-state index < -0.39 is 17.5 Å². The quantitative estimate of drug-likeness (QED) is 0.891. The summed E-state index contributed by atoms with van der Waals surface area (Å²) in [5, 5.41) is 11.4. The van der Waals surface area contributed by atoms with E-state index >= 15 is 0 Å². The maximum atomic E-state index is 11.9. The Morgan fingerprint density at radius 3 is 2.58 bits per heavy atom. The number of carbonyl (C=O) groups excluding carboxylic acids is 1. The molecule has 0 radical (unpaired) electrons. The van der Waals surface area contributed by atoms with Gasteiger partial charge < -0.3 is 15.3 Å². The summed E-state index contributed by atoms with van der Waals surface area (Å²) in [6.45, 7) is 3.29. The topological polar surface area (TPSA) is 69.6 Å². The third kappa shape index (κ3) is 4.55. The molecule has 0 aliphatic heterocycles. The Labute approximate surface area is 120 Å². The summed E-state index contributed by atoms with van der Waals surface area (Å²) < 4.78 is 0.935. The van der Waals surface area contributed by atoms with Crippen molar-refractivity contribution in [1.82, 2.24) is 10.2 Å².